The summed E-state index contributed by atoms with van der Waals surface area (Å²) in [5.74, 6) is -1.21. The highest BCUT2D eigenvalue weighted by Gasteiger charge is 2.21. The molecule has 0 atom stereocenters. The first-order valence-electron chi connectivity index (χ1n) is 8.32. The molecule has 0 aliphatic rings. The first-order chi connectivity index (χ1) is 13.5. The number of ether oxygens (including phenoxy) is 3. The van der Waals surface area contributed by atoms with Crippen LogP contribution >= 0.6 is 0 Å². The smallest absolute Gasteiger partial charge is 0.342 e. The molecule has 0 aliphatic heterocycles. The molecule has 0 saturated carbocycles. The van der Waals surface area contributed by atoms with E-state index in [2.05, 4.69) is 0 Å². The molecule has 0 saturated heterocycles. The maximum absolute atomic E-state index is 13.1. The van der Waals surface area contributed by atoms with Gasteiger partial charge in [0, 0.05) is 12.2 Å². The summed E-state index contributed by atoms with van der Waals surface area (Å²) in [5.41, 5.74) is 0.511. The Kier molecular flexibility index (Phi) is 7.34. The van der Waals surface area contributed by atoms with Gasteiger partial charge in [-0.25, -0.2) is 9.18 Å². The minimum atomic E-state index is -0.761. The Labute approximate surface area is 161 Å². The van der Waals surface area contributed by atoms with Crippen LogP contribution in [-0.4, -0.2) is 39.2 Å². The maximum Gasteiger partial charge on any atom is 0.342 e. The lowest BCUT2D eigenvalue weighted by atomic mass is 10.2. The third-order valence-corrected chi connectivity index (χ3v) is 3.84. The number of methoxy groups -OCH3 is 2. The van der Waals surface area contributed by atoms with Gasteiger partial charge in [-0.1, -0.05) is 6.07 Å². The second kappa shape index (κ2) is 9.92. The van der Waals surface area contributed by atoms with Gasteiger partial charge in [-0.15, -0.1) is 0 Å². The average molecular weight is 386 g/mol. The molecule has 0 unspecified atom stereocenters. The van der Waals surface area contributed by atoms with Gasteiger partial charge in [-0.3, -0.25) is 4.79 Å². The Hall–Kier alpha value is -3.60. The van der Waals surface area contributed by atoms with Crippen molar-refractivity contribution < 1.29 is 28.2 Å². The van der Waals surface area contributed by atoms with Gasteiger partial charge < -0.3 is 19.1 Å². The fraction of sp³-hybridized carbons (Fsp3) is 0.250. The number of halogens is 1. The maximum atomic E-state index is 13.1. The summed E-state index contributed by atoms with van der Waals surface area (Å²) in [7, 11) is 2.82. The van der Waals surface area contributed by atoms with Crippen molar-refractivity contribution in [3.8, 4) is 17.6 Å². The van der Waals surface area contributed by atoms with Crippen LogP contribution in [0, 0.1) is 17.1 Å². The topological polar surface area (TPSA) is 88.9 Å². The molecule has 0 spiro atoms. The highest BCUT2D eigenvalue weighted by atomic mass is 19.1. The number of nitriles is 1. The van der Waals surface area contributed by atoms with Crippen molar-refractivity contribution in [1.29, 1.82) is 5.26 Å². The molecule has 0 bridgehead atoms. The molecule has 2 aromatic carbocycles. The average Bonchev–Trinajstić information content (AvgIpc) is 2.72. The number of carbonyl (C=O) groups excluding carboxylic acids is 2. The van der Waals surface area contributed by atoms with Crippen molar-refractivity contribution in [3.63, 3.8) is 0 Å². The SMILES string of the molecule is COc1cccc(C(=O)OCC(=O)N(CCC#N)c2ccc(F)cc2)c1OC. The van der Waals surface area contributed by atoms with E-state index in [1.165, 1.54) is 49.5 Å². The number of hydrogen-bond acceptors (Lipinski definition) is 6. The molecule has 28 heavy (non-hydrogen) atoms. The summed E-state index contributed by atoms with van der Waals surface area (Å²) >= 11 is 0. The van der Waals surface area contributed by atoms with Gasteiger partial charge in [0.15, 0.2) is 18.1 Å². The number of carbonyl (C=O) groups is 2. The fourth-order valence-corrected chi connectivity index (χ4v) is 2.51. The molecule has 0 aromatic heterocycles. The van der Waals surface area contributed by atoms with Crippen LogP contribution in [0.5, 0.6) is 11.5 Å². The highest BCUT2D eigenvalue weighted by molar-refractivity contribution is 5.98. The molecular formula is C20H19FN2O5. The summed E-state index contributed by atoms with van der Waals surface area (Å²) in [4.78, 5) is 26.2. The highest BCUT2D eigenvalue weighted by Crippen LogP contribution is 2.31. The van der Waals surface area contributed by atoms with Gasteiger partial charge in [0.05, 0.1) is 26.7 Å². The van der Waals surface area contributed by atoms with Crippen LogP contribution in [0.2, 0.25) is 0 Å². The third-order valence-electron chi connectivity index (χ3n) is 3.84. The molecule has 0 fully saturated rings. The van der Waals surface area contributed by atoms with Crippen LogP contribution < -0.4 is 14.4 Å². The number of amides is 1. The Morgan fingerprint density at radius 3 is 2.43 bits per heavy atom. The van der Waals surface area contributed by atoms with Crippen molar-refractivity contribution in [1.82, 2.24) is 0 Å². The number of rotatable bonds is 8. The van der Waals surface area contributed by atoms with Crippen LogP contribution in [0.4, 0.5) is 10.1 Å². The molecule has 146 valence electrons. The largest absolute Gasteiger partial charge is 0.493 e. The van der Waals surface area contributed by atoms with Gasteiger partial charge in [-0.05, 0) is 36.4 Å². The number of hydrogen-bond donors (Lipinski definition) is 0. The van der Waals surface area contributed by atoms with Crippen LogP contribution in [0.25, 0.3) is 0 Å². The van der Waals surface area contributed by atoms with E-state index in [9.17, 15) is 14.0 Å². The fourth-order valence-electron chi connectivity index (χ4n) is 2.51. The zero-order chi connectivity index (χ0) is 20.5. The summed E-state index contributed by atoms with van der Waals surface area (Å²) in [6.45, 7) is -0.469. The Balaban J connectivity index is 2.13. The van der Waals surface area contributed by atoms with Gasteiger partial charge >= 0.3 is 5.97 Å². The van der Waals surface area contributed by atoms with Crippen molar-refractivity contribution in [2.24, 2.45) is 0 Å². The standard InChI is InChI=1S/C20H19FN2O5/c1-26-17-6-3-5-16(19(17)27-2)20(25)28-13-18(24)23(12-4-11-22)15-9-7-14(21)8-10-15/h3,5-10H,4,12-13H2,1-2H3. The summed E-state index contributed by atoms with van der Waals surface area (Å²) < 4.78 is 28.6. The predicted octanol–water partition coefficient (Wildman–Crippen LogP) is 2.95. The van der Waals surface area contributed by atoms with Gasteiger partial charge in [0.2, 0.25) is 0 Å². The van der Waals surface area contributed by atoms with Crippen molar-refractivity contribution >= 4 is 17.6 Å². The summed E-state index contributed by atoms with van der Waals surface area (Å²) in [5, 5.41) is 8.80. The van der Waals surface area contributed by atoms with E-state index in [0.717, 1.165) is 0 Å². The Bertz CT molecular complexity index is 877. The lowest BCUT2D eigenvalue weighted by molar-refractivity contribution is -0.121. The first-order valence-corrected chi connectivity index (χ1v) is 8.32. The molecule has 0 radical (unpaired) electrons. The first kappa shape index (κ1) is 20.7. The lowest BCUT2D eigenvalue weighted by Gasteiger charge is -2.21. The number of benzene rings is 2. The molecule has 0 heterocycles. The van der Waals surface area contributed by atoms with E-state index >= 15 is 0 Å². The number of anilines is 1. The van der Waals surface area contributed by atoms with Crippen molar-refractivity contribution in [2.45, 2.75) is 6.42 Å². The van der Waals surface area contributed by atoms with E-state index in [0.29, 0.717) is 11.4 Å². The van der Waals surface area contributed by atoms with Gasteiger partial charge in [-0.2, -0.15) is 5.26 Å². The van der Waals surface area contributed by atoms with Crippen LogP contribution in [-0.2, 0) is 9.53 Å². The quantitative estimate of drug-likeness (QED) is 0.648. The normalized spacial score (nSPS) is 9.93. The molecule has 8 heteroatoms. The zero-order valence-electron chi connectivity index (χ0n) is 15.5. The Morgan fingerprint density at radius 1 is 1.11 bits per heavy atom. The van der Waals surface area contributed by atoms with Crippen molar-refractivity contribution in [3.05, 3.63) is 53.8 Å². The molecule has 0 N–H and O–H groups in total. The zero-order valence-corrected chi connectivity index (χ0v) is 15.5. The second-order valence-electron chi connectivity index (χ2n) is 5.55. The van der Waals surface area contributed by atoms with Crippen LogP contribution in [0.3, 0.4) is 0 Å². The number of esters is 1. The summed E-state index contributed by atoms with van der Waals surface area (Å²) in [6, 6.07) is 11.9. The Morgan fingerprint density at radius 2 is 1.82 bits per heavy atom. The van der Waals surface area contributed by atoms with Crippen LogP contribution in [0.1, 0.15) is 16.8 Å². The monoisotopic (exact) mass is 386 g/mol. The summed E-state index contributed by atoms with van der Waals surface area (Å²) in [6.07, 6.45) is 0.0702. The molecule has 2 rings (SSSR count). The van der Waals surface area contributed by atoms with Crippen molar-refractivity contribution in [2.75, 3.05) is 32.3 Å². The van der Waals surface area contributed by atoms with E-state index in [1.807, 2.05) is 6.07 Å². The van der Waals surface area contributed by atoms with E-state index in [1.54, 1.807) is 12.1 Å². The van der Waals surface area contributed by atoms with E-state index in [-0.39, 0.29) is 24.3 Å². The lowest BCUT2D eigenvalue weighted by Crippen LogP contribution is -2.35. The number of nitrogens with zero attached hydrogens (tertiary/aromatic N) is 2. The predicted molar refractivity (Wildman–Crippen MR) is 98.8 cm³/mol. The minimum Gasteiger partial charge on any atom is -0.493 e. The van der Waals surface area contributed by atoms with E-state index in [4.69, 9.17) is 19.5 Å². The van der Waals surface area contributed by atoms with E-state index < -0.39 is 24.3 Å². The van der Waals surface area contributed by atoms with Gasteiger partial charge in [0.1, 0.15) is 11.4 Å². The minimum absolute atomic E-state index is 0.0702. The third kappa shape index (κ3) is 4.98. The molecule has 0 aliphatic carbocycles. The van der Waals surface area contributed by atoms with Crippen LogP contribution in [0.15, 0.2) is 42.5 Å². The molecule has 1 amide bonds. The molecule has 7 nitrogen and oxygen atoms in total. The molecular weight excluding hydrogens is 367 g/mol. The van der Waals surface area contributed by atoms with Gasteiger partial charge in [0.25, 0.3) is 5.91 Å². The second-order valence-corrected chi connectivity index (χ2v) is 5.55. The number of para-hydroxylation sites is 1. The molecule has 2 aromatic rings.